The fourth-order valence-electron chi connectivity index (χ4n) is 2.17. The summed E-state index contributed by atoms with van der Waals surface area (Å²) in [6.07, 6.45) is -4.63. The highest BCUT2D eigenvalue weighted by atomic mass is 35.5. The molecule has 0 N–H and O–H groups in total. The first-order valence-corrected chi connectivity index (χ1v) is 8.74. The van der Waals surface area contributed by atoms with E-state index in [1.54, 1.807) is 32.9 Å². The minimum absolute atomic E-state index is 0.0251. The molecule has 2 aromatic rings. The van der Waals surface area contributed by atoms with Crippen LogP contribution < -0.4 is 0 Å². The summed E-state index contributed by atoms with van der Waals surface area (Å²) in [5.74, 6) is -1.58. The topological polar surface area (TPSA) is 0 Å². The molecule has 0 atom stereocenters. The van der Waals surface area contributed by atoms with Gasteiger partial charge in [0.2, 0.25) is 0 Å². The molecule has 0 aliphatic rings. The second-order valence-corrected chi connectivity index (χ2v) is 8.73. The molecule has 0 heterocycles. The van der Waals surface area contributed by atoms with E-state index in [0.717, 1.165) is 17.7 Å². The van der Waals surface area contributed by atoms with Gasteiger partial charge in [0.15, 0.2) is 0 Å². The SMILES string of the molecule is CC(C)(C)c1ccc(F)c(C(F)(F)F)c1.CC(C)(C)c1ccc(F)c(Cl)c1. The lowest BCUT2D eigenvalue weighted by Gasteiger charge is -2.20. The lowest BCUT2D eigenvalue weighted by molar-refractivity contribution is -0.140. The molecule has 27 heavy (non-hydrogen) atoms. The Morgan fingerprint density at radius 1 is 0.667 bits per heavy atom. The average molecular weight is 407 g/mol. The van der Waals surface area contributed by atoms with Gasteiger partial charge in [0.05, 0.1) is 10.6 Å². The van der Waals surface area contributed by atoms with E-state index in [4.69, 9.17) is 11.6 Å². The highest BCUT2D eigenvalue weighted by Gasteiger charge is 2.35. The monoisotopic (exact) mass is 406 g/mol. The molecule has 2 aromatic carbocycles. The quantitative estimate of drug-likeness (QED) is 0.390. The Labute approximate surface area is 162 Å². The van der Waals surface area contributed by atoms with Crippen LogP contribution in [0.4, 0.5) is 22.0 Å². The Kier molecular flexibility index (Phi) is 7.09. The van der Waals surface area contributed by atoms with Crippen molar-refractivity contribution in [2.75, 3.05) is 0 Å². The largest absolute Gasteiger partial charge is 0.419 e. The van der Waals surface area contributed by atoms with Crippen molar-refractivity contribution in [3.05, 3.63) is 69.7 Å². The maximum absolute atomic E-state index is 12.9. The normalized spacial score (nSPS) is 12.4. The zero-order valence-corrected chi connectivity index (χ0v) is 17.0. The molecule has 0 aliphatic heterocycles. The zero-order valence-electron chi connectivity index (χ0n) is 16.2. The van der Waals surface area contributed by atoms with Gasteiger partial charge in [0.25, 0.3) is 0 Å². The number of rotatable bonds is 0. The van der Waals surface area contributed by atoms with Crippen molar-refractivity contribution in [2.45, 2.75) is 58.5 Å². The van der Waals surface area contributed by atoms with Gasteiger partial charge in [0, 0.05) is 0 Å². The molecule has 2 rings (SSSR count). The van der Waals surface area contributed by atoms with E-state index in [2.05, 4.69) is 20.8 Å². The fourth-order valence-corrected chi connectivity index (χ4v) is 2.35. The maximum Gasteiger partial charge on any atom is 0.419 e. The predicted octanol–water partition coefficient (Wildman–Crippen LogP) is 7.92. The van der Waals surface area contributed by atoms with Crippen molar-refractivity contribution in [1.29, 1.82) is 0 Å². The molecular formula is C21H24ClF5. The Hall–Kier alpha value is -1.62. The number of halogens is 6. The van der Waals surface area contributed by atoms with Crippen molar-refractivity contribution in [2.24, 2.45) is 0 Å². The summed E-state index contributed by atoms with van der Waals surface area (Å²) in [4.78, 5) is 0. The van der Waals surface area contributed by atoms with Gasteiger partial charge in [-0.15, -0.1) is 0 Å². The molecular weight excluding hydrogens is 383 g/mol. The van der Waals surface area contributed by atoms with Gasteiger partial charge in [-0.2, -0.15) is 13.2 Å². The molecule has 0 radical (unpaired) electrons. The summed E-state index contributed by atoms with van der Waals surface area (Å²) >= 11 is 5.64. The third-order valence-corrected chi connectivity index (χ3v) is 4.21. The Morgan fingerprint density at radius 3 is 1.44 bits per heavy atom. The molecule has 6 heteroatoms. The van der Waals surface area contributed by atoms with E-state index in [0.29, 0.717) is 5.56 Å². The number of hydrogen-bond donors (Lipinski definition) is 0. The smallest absolute Gasteiger partial charge is 0.206 e. The molecule has 0 aromatic heterocycles. The molecule has 0 spiro atoms. The summed E-state index contributed by atoms with van der Waals surface area (Å²) in [7, 11) is 0. The second kappa shape index (κ2) is 8.17. The van der Waals surface area contributed by atoms with Gasteiger partial charge >= 0.3 is 6.18 Å². The van der Waals surface area contributed by atoms with Crippen LogP contribution in [0.25, 0.3) is 0 Å². The highest BCUT2D eigenvalue weighted by molar-refractivity contribution is 6.30. The molecule has 0 aliphatic carbocycles. The first kappa shape index (κ1) is 23.4. The first-order valence-electron chi connectivity index (χ1n) is 8.36. The Morgan fingerprint density at radius 2 is 1.07 bits per heavy atom. The van der Waals surface area contributed by atoms with Crippen LogP contribution in [0.15, 0.2) is 36.4 Å². The van der Waals surface area contributed by atoms with Crippen molar-refractivity contribution in [3.63, 3.8) is 0 Å². The van der Waals surface area contributed by atoms with Crippen LogP contribution in [0.3, 0.4) is 0 Å². The summed E-state index contributed by atoms with van der Waals surface area (Å²) in [5, 5.41) is 0.197. The van der Waals surface area contributed by atoms with Crippen molar-refractivity contribution in [1.82, 2.24) is 0 Å². The van der Waals surface area contributed by atoms with E-state index >= 15 is 0 Å². The van der Waals surface area contributed by atoms with Crippen LogP contribution in [0.1, 0.15) is 58.2 Å². The summed E-state index contributed by atoms with van der Waals surface area (Å²) in [6, 6.07) is 7.96. The molecule has 150 valence electrons. The molecule has 0 unspecified atom stereocenters. The third-order valence-electron chi connectivity index (χ3n) is 3.92. The lowest BCUT2D eigenvalue weighted by atomic mass is 9.86. The highest BCUT2D eigenvalue weighted by Crippen LogP contribution is 2.34. The minimum Gasteiger partial charge on any atom is -0.206 e. The molecule has 0 saturated carbocycles. The third kappa shape index (κ3) is 6.80. The van der Waals surface area contributed by atoms with E-state index in [-0.39, 0.29) is 16.3 Å². The average Bonchev–Trinajstić information content (AvgIpc) is 2.47. The zero-order chi connectivity index (χ0) is 21.2. The molecule has 0 saturated heterocycles. The van der Waals surface area contributed by atoms with E-state index in [1.165, 1.54) is 12.1 Å². The number of benzene rings is 2. The second-order valence-electron chi connectivity index (χ2n) is 8.32. The molecule has 0 fully saturated rings. The number of alkyl halides is 3. The maximum atomic E-state index is 12.9. The first-order chi connectivity index (χ1) is 12.0. The molecule has 0 nitrogen and oxygen atoms in total. The van der Waals surface area contributed by atoms with Gasteiger partial charge < -0.3 is 0 Å². The van der Waals surface area contributed by atoms with Gasteiger partial charge in [0.1, 0.15) is 11.6 Å². The summed E-state index contributed by atoms with van der Waals surface area (Å²) in [6.45, 7) is 11.5. The van der Waals surface area contributed by atoms with E-state index in [1.807, 2.05) is 0 Å². The van der Waals surface area contributed by atoms with Crippen molar-refractivity contribution in [3.8, 4) is 0 Å². The van der Waals surface area contributed by atoms with Gasteiger partial charge in [-0.3, -0.25) is 0 Å². The van der Waals surface area contributed by atoms with Crippen LogP contribution >= 0.6 is 11.6 Å². The summed E-state index contributed by atoms with van der Waals surface area (Å²) in [5.41, 5.74) is -0.0783. The van der Waals surface area contributed by atoms with Crippen molar-refractivity contribution >= 4 is 11.6 Å². The van der Waals surface area contributed by atoms with E-state index in [9.17, 15) is 22.0 Å². The van der Waals surface area contributed by atoms with E-state index < -0.39 is 23.0 Å². The van der Waals surface area contributed by atoms with Crippen LogP contribution in [0.5, 0.6) is 0 Å². The van der Waals surface area contributed by atoms with Gasteiger partial charge in [-0.25, -0.2) is 8.78 Å². The summed E-state index contributed by atoms with van der Waals surface area (Å²) < 4.78 is 62.8. The predicted molar refractivity (Wildman–Crippen MR) is 100 cm³/mol. The molecule has 0 bridgehead atoms. The van der Waals surface area contributed by atoms with Crippen LogP contribution in [0, 0.1) is 11.6 Å². The standard InChI is InChI=1S/C11H12F4.C10H12ClF/c1-10(2,3)7-4-5-9(12)8(6-7)11(13,14)15;1-10(2,3)7-4-5-9(12)8(11)6-7/h4-6H,1-3H3;4-6H,1-3H3. The minimum atomic E-state index is -4.63. The fraction of sp³-hybridized carbons (Fsp3) is 0.429. The van der Waals surface area contributed by atoms with Crippen LogP contribution in [0.2, 0.25) is 5.02 Å². The van der Waals surface area contributed by atoms with Crippen LogP contribution in [-0.2, 0) is 17.0 Å². The van der Waals surface area contributed by atoms with Gasteiger partial charge in [-0.05, 0) is 46.2 Å². The molecule has 0 amide bonds. The number of hydrogen-bond acceptors (Lipinski definition) is 0. The van der Waals surface area contributed by atoms with Crippen molar-refractivity contribution < 1.29 is 22.0 Å². The Bertz CT molecular complexity index is 781. The Balaban J connectivity index is 0.000000277. The lowest BCUT2D eigenvalue weighted by Crippen LogP contribution is -2.15. The van der Waals surface area contributed by atoms with Gasteiger partial charge in [-0.1, -0.05) is 65.3 Å². The van der Waals surface area contributed by atoms with Crippen LogP contribution in [-0.4, -0.2) is 0 Å².